The highest BCUT2D eigenvalue weighted by atomic mass is 35.5. The molecule has 3 aromatic heterocycles. The molecule has 0 aliphatic carbocycles. The largest absolute Gasteiger partial charge is 0.382 e. The Kier molecular flexibility index (Phi) is 6.37. The Balaban J connectivity index is 0.000000214. The number of hydrogen-bond donors (Lipinski definition) is 2. The third-order valence-corrected chi connectivity index (χ3v) is 5.57. The number of rotatable bonds is 3. The lowest BCUT2D eigenvalue weighted by Gasteiger charge is -2.15. The monoisotopic (exact) mass is 464 g/mol. The molecule has 0 atom stereocenters. The van der Waals surface area contributed by atoms with Crippen LogP contribution < -0.4 is 11.3 Å². The zero-order valence-electron chi connectivity index (χ0n) is 18.1. The summed E-state index contributed by atoms with van der Waals surface area (Å²) in [6, 6.07) is 12.5. The fraction of sp³-hybridized carbons (Fsp3) is 0.167. The third kappa shape index (κ3) is 4.42. The van der Waals surface area contributed by atoms with Crippen molar-refractivity contribution in [2.45, 2.75) is 26.7 Å². The average molecular weight is 465 g/mol. The molecule has 0 bridgehead atoms. The number of anilines is 1. The van der Waals surface area contributed by atoms with E-state index in [1.54, 1.807) is 10.6 Å². The van der Waals surface area contributed by atoms with E-state index in [9.17, 15) is 9.18 Å². The number of nitrogens with zero attached hydrogens (tertiary/aromatic N) is 4. The highest BCUT2D eigenvalue weighted by molar-refractivity contribution is 6.35. The Hall–Kier alpha value is -3.78. The number of pyridine rings is 1. The molecule has 0 unspecified atom stereocenters. The number of hydrogen-bond acceptors (Lipinski definition) is 5. The van der Waals surface area contributed by atoms with E-state index in [1.807, 2.05) is 37.3 Å². The van der Waals surface area contributed by atoms with Crippen LogP contribution in [0.5, 0.6) is 0 Å². The second-order valence-corrected chi connectivity index (χ2v) is 7.93. The number of nitrogen functional groups attached to an aromatic ring is 1. The van der Waals surface area contributed by atoms with Gasteiger partial charge in [0.05, 0.1) is 16.7 Å². The number of H-pyrrole nitrogens is 1. The van der Waals surface area contributed by atoms with Gasteiger partial charge in [-0.2, -0.15) is 0 Å². The van der Waals surface area contributed by atoms with Crippen LogP contribution in [0, 0.1) is 12.7 Å². The van der Waals surface area contributed by atoms with Gasteiger partial charge in [-0.25, -0.2) is 19.3 Å². The summed E-state index contributed by atoms with van der Waals surface area (Å²) in [4.78, 5) is 27.4. The van der Waals surface area contributed by atoms with Crippen LogP contribution in [0.4, 0.5) is 10.2 Å². The minimum Gasteiger partial charge on any atom is -0.382 e. The maximum atomic E-state index is 13.8. The quantitative estimate of drug-likeness (QED) is 0.392. The first kappa shape index (κ1) is 22.4. The molecule has 5 aromatic rings. The van der Waals surface area contributed by atoms with Gasteiger partial charge < -0.3 is 10.7 Å². The van der Waals surface area contributed by atoms with Gasteiger partial charge in [-0.05, 0) is 43.0 Å². The zero-order chi connectivity index (χ0) is 23.5. The summed E-state index contributed by atoms with van der Waals surface area (Å²) >= 11 is 6.06. The second kappa shape index (κ2) is 9.38. The van der Waals surface area contributed by atoms with Crippen molar-refractivity contribution >= 4 is 39.4 Å². The molecule has 0 saturated heterocycles. The lowest BCUT2D eigenvalue weighted by atomic mass is 10.1. The molecular weight excluding hydrogens is 443 g/mol. The first-order valence-corrected chi connectivity index (χ1v) is 10.8. The maximum absolute atomic E-state index is 13.8. The van der Waals surface area contributed by atoms with Crippen LogP contribution in [0.15, 0.2) is 59.9 Å². The first-order chi connectivity index (χ1) is 15.9. The van der Waals surface area contributed by atoms with Gasteiger partial charge in [0.25, 0.3) is 5.56 Å². The minimum atomic E-state index is -0.574. The maximum Gasteiger partial charge on any atom is 0.264 e. The van der Waals surface area contributed by atoms with Crippen molar-refractivity contribution < 1.29 is 4.39 Å². The lowest BCUT2D eigenvalue weighted by Crippen LogP contribution is -2.22. The predicted molar refractivity (Wildman–Crippen MR) is 129 cm³/mol. The Morgan fingerprint density at radius 2 is 1.88 bits per heavy atom. The molecule has 2 aromatic carbocycles. The van der Waals surface area contributed by atoms with Gasteiger partial charge in [-0.1, -0.05) is 48.7 Å². The molecule has 0 aliphatic rings. The Morgan fingerprint density at radius 1 is 1.12 bits per heavy atom. The Labute approximate surface area is 194 Å². The summed E-state index contributed by atoms with van der Waals surface area (Å²) in [5.41, 5.74) is 9.28. The van der Waals surface area contributed by atoms with E-state index in [4.69, 9.17) is 17.3 Å². The fourth-order valence-corrected chi connectivity index (χ4v) is 3.84. The van der Waals surface area contributed by atoms with Gasteiger partial charge in [0.2, 0.25) is 0 Å². The molecule has 0 aliphatic heterocycles. The van der Waals surface area contributed by atoms with Crippen molar-refractivity contribution in [3.63, 3.8) is 0 Å². The minimum absolute atomic E-state index is 0.114. The van der Waals surface area contributed by atoms with Gasteiger partial charge in [0.1, 0.15) is 17.7 Å². The van der Waals surface area contributed by atoms with Crippen LogP contribution in [0.25, 0.3) is 27.6 Å². The molecule has 5 rings (SSSR count). The van der Waals surface area contributed by atoms with E-state index < -0.39 is 5.82 Å². The molecule has 0 saturated carbocycles. The standard InChI is InChI=1S/C19H17ClFNO.C5H5N5/c1-3-4-15-11-13-7-10-16(21)18(20)17(13)19(23)22(15)14-8-5-12(2)6-9-14;6-4-3-5(9-1-7-3)10-2-8-4/h5-11H,3-4H2,1-2H3;1-2H,(H3,6,7,8,9,10). The number of halogens is 2. The van der Waals surface area contributed by atoms with Crippen molar-refractivity contribution in [2.24, 2.45) is 0 Å². The molecule has 7 nitrogen and oxygen atoms in total. The number of nitrogens with two attached hydrogens (primary N) is 1. The van der Waals surface area contributed by atoms with Gasteiger partial charge in [-0.15, -0.1) is 0 Å². The Morgan fingerprint density at radius 3 is 2.58 bits per heavy atom. The van der Waals surface area contributed by atoms with E-state index in [0.717, 1.165) is 29.8 Å². The van der Waals surface area contributed by atoms with Gasteiger partial charge in [0, 0.05) is 11.4 Å². The van der Waals surface area contributed by atoms with Crippen molar-refractivity contribution in [1.82, 2.24) is 24.5 Å². The number of imidazole rings is 1. The molecule has 0 amide bonds. The van der Waals surface area contributed by atoms with Crippen LogP contribution in [-0.2, 0) is 6.42 Å². The molecule has 33 heavy (non-hydrogen) atoms. The van der Waals surface area contributed by atoms with Crippen molar-refractivity contribution in [2.75, 3.05) is 5.73 Å². The molecule has 3 N–H and O–H groups in total. The van der Waals surface area contributed by atoms with E-state index >= 15 is 0 Å². The summed E-state index contributed by atoms with van der Waals surface area (Å²) in [7, 11) is 0. The molecule has 3 heterocycles. The molecule has 168 valence electrons. The number of nitrogens with one attached hydrogen (secondary N) is 1. The summed E-state index contributed by atoms with van der Waals surface area (Å²) in [5.74, 6) is -0.141. The summed E-state index contributed by atoms with van der Waals surface area (Å²) in [5, 5.41) is 0.789. The van der Waals surface area contributed by atoms with Gasteiger partial charge in [0.15, 0.2) is 11.5 Å². The van der Waals surface area contributed by atoms with Crippen molar-refractivity contribution in [3.8, 4) is 5.69 Å². The average Bonchev–Trinajstić information content (AvgIpc) is 3.28. The van der Waals surface area contributed by atoms with Gasteiger partial charge in [-0.3, -0.25) is 9.36 Å². The Bertz CT molecular complexity index is 1490. The molecule has 0 fully saturated rings. The van der Waals surface area contributed by atoms with E-state index in [0.29, 0.717) is 22.4 Å². The molecule has 0 spiro atoms. The number of aromatic amines is 1. The second-order valence-electron chi connectivity index (χ2n) is 7.55. The molecular formula is C24H22ClFN6O. The van der Waals surface area contributed by atoms with Crippen LogP contribution in [-0.4, -0.2) is 24.5 Å². The van der Waals surface area contributed by atoms with Crippen LogP contribution in [0.2, 0.25) is 5.02 Å². The smallest absolute Gasteiger partial charge is 0.264 e. The van der Waals surface area contributed by atoms with Crippen LogP contribution >= 0.6 is 11.6 Å². The number of benzene rings is 2. The lowest BCUT2D eigenvalue weighted by molar-refractivity contribution is 0.630. The van der Waals surface area contributed by atoms with Crippen LogP contribution in [0.3, 0.4) is 0 Å². The normalized spacial score (nSPS) is 10.9. The highest BCUT2D eigenvalue weighted by Crippen LogP contribution is 2.26. The zero-order valence-corrected chi connectivity index (χ0v) is 18.9. The molecule has 0 radical (unpaired) electrons. The van der Waals surface area contributed by atoms with Crippen molar-refractivity contribution in [3.05, 3.63) is 87.6 Å². The van der Waals surface area contributed by atoms with E-state index in [1.165, 1.54) is 18.7 Å². The van der Waals surface area contributed by atoms with Crippen molar-refractivity contribution in [1.29, 1.82) is 0 Å². The summed E-state index contributed by atoms with van der Waals surface area (Å²) in [6.07, 6.45) is 4.59. The van der Waals surface area contributed by atoms with Gasteiger partial charge >= 0.3 is 0 Å². The predicted octanol–water partition coefficient (Wildman–Crippen LogP) is 4.98. The first-order valence-electron chi connectivity index (χ1n) is 10.4. The highest BCUT2D eigenvalue weighted by Gasteiger charge is 2.15. The number of aromatic nitrogens is 5. The van der Waals surface area contributed by atoms with E-state index in [2.05, 4.69) is 26.9 Å². The number of fused-ring (bicyclic) bond motifs is 2. The fourth-order valence-electron chi connectivity index (χ4n) is 3.59. The molecule has 9 heteroatoms. The van der Waals surface area contributed by atoms with E-state index in [-0.39, 0.29) is 16.0 Å². The topological polar surface area (TPSA) is 102 Å². The SMILES string of the molecule is CCCc1cc2ccc(F)c(Cl)c2c(=O)n1-c1ccc(C)cc1.Nc1ncnc2nc[nH]c12. The third-order valence-electron chi connectivity index (χ3n) is 5.20. The number of aryl methyl sites for hydroxylation is 2. The van der Waals surface area contributed by atoms with Crippen LogP contribution in [0.1, 0.15) is 24.6 Å². The summed E-state index contributed by atoms with van der Waals surface area (Å²) in [6.45, 7) is 4.05. The summed E-state index contributed by atoms with van der Waals surface area (Å²) < 4.78 is 15.4.